The molecule has 1 aromatic carbocycles. The van der Waals surface area contributed by atoms with Gasteiger partial charge in [0.2, 0.25) is 0 Å². The van der Waals surface area contributed by atoms with Crippen LogP contribution in [0.25, 0.3) is 0 Å². The molecule has 2 rings (SSSR count). The van der Waals surface area contributed by atoms with Crippen LogP contribution in [-0.4, -0.2) is 49.7 Å². The summed E-state index contributed by atoms with van der Waals surface area (Å²) in [5, 5.41) is 11.4. The first kappa shape index (κ1) is 14.8. The molecule has 20 heavy (non-hydrogen) atoms. The smallest absolute Gasteiger partial charge is 0.179 e. The predicted octanol–water partition coefficient (Wildman–Crippen LogP) is 0.649. The molecule has 0 radical (unpaired) electrons. The summed E-state index contributed by atoms with van der Waals surface area (Å²) in [6.07, 6.45) is 2.32. The Morgan fingerprint density at radius 3 is 2.50 bits per heavy atom. The van der Waals surface area contributed by atoms with Crippen molar-refractivity contribution in [1.82, 2.24) is 4.90 Å². The van der Waals surface area contributed by atoms with Gasteiger partial charge in [0.1, 0.15) is 0 Å². The highest BCUT2D eigenvalue weighted by atomic mass is 32.2. The second-order valence-corrected chi connectivity index (χ2v) is 7.15. The number of nitrogens with zero attached hydrogens (tertiary/aromatic N) is 2. The number of nitrogens with two attached hydrogens (primary N) is 1. The van der Waals surface area contributed by atoms with Gasteiger partial charge in [0.15, 0.2) is 15.7 Å². The van der Waals surface area contributed by atoms with E-state index in [1.165, 1.54) is 24.3 Å². The van der Waals surface area contributed by atoms with E-state index in [9.17, 15) is 8.42 Å². The van der Waals surface area contributed by atoms with Gasteiger partial charge in [0.25, 0.3) is 0 Å². The zero-order valence-corrected chi connectivity index (χ0v) is 12.2. The molecule has 110 valence electrons. The van der Waals surface area contributed by atoms with E-state index in [0.29, 0.717) is 18.2 Å². The van der Waals surface area contributed by atoms with Crippen molar-refractivity contribution in [3.8, 4) is 0 Å². The third-order valence-corrected chi connectivity index (χ3v) is 5.21. The van der Waals surface area contributed by atoms with Gasteiger partial charge in [-0.05, 0) is 44.2 Å². The molecule has 1 saturated carbocycles. The first-order chi connectivity index (χ1) is 9.44. The lowest BCUT2D eigenvalue weighted by molar-refractivity contribution is 0.318. The van der Waals surface area contributed by atoms with Crippen LogP contribution in [0.1, 0.15) is 18.4 Å². The van der Waals surface area contributed by atoms with Crippen molar-refractivity contribution in [2.75, 3.05) is 19.3 Å². The van der Waals surface area contributed by atoms with E-state index in [0.717, 1.165) is 12.8 Å². The lowest BCUT2D eigenvalue weighted by atomic mass is 10.2. The monoisotopic (exact) mass is 297 g/mol. The Hall–Kier alpha value is -1.60. The summed E-state index contributed by atoms with van der Waals surface area (Å²) in [6.45, 7) is 0.537. The molecular formula is C13H19N3O3S. The lowest BCUT2D eigenvalue weighted by Gasteiger charge is -2.15. The second-order valence-electron chi connectivity index (χ2n) is 5.04. The van der Waals surface area contributed by atoms with E-state index in [2.05, 4.69) is 10.1 Å². The van der Waals surface area contributed by atoms with E-state index in [1.54, 1.807) is 0 Å². The van der Waals surface area contributed by atoms with Crippen molar-refractivity contribution in [2.24, 2.45) is 10.9 Å². The van der Waals surface area contributed by atoms with Gasteiger partial charge in [-0.2, -0.15) is 0 Å². The van der Waals surface area contributed by atoms with Gasteiger partial charge < -0.3 is 15.8 Å². The Balaban J connectivity index is 2.05. The van der Waals surface area contributed by atoms with E-state index in [1.807, 2.05) is 7.05 Å². The minimum absolute atomic E-state index is 0.0394. The average Bonchev–Trinajstić information content (AvgIpc) is 3.28. The average molecular weight is 297 g/mol. The number of hydrogen-bond acceptors (Lipinski definition) is 5. The summed E-state index contributed by atoms with van der Waals surface area (Å²) in [5.41, 5.74) is 5.92. The molecule has 0 amide bonds. The van der Waals surface area contributed by atoms with Crippen LogP contribution in [0.5, 0.6) is 0 Å². The van der Waals surface area contributed by atoms with Crippen molar-refractivity contribution in [3.05, 3.63) is 29.8 Å². The zero-order valence-electron chi connectivity index (χ0n) is 11.4. The molecule has 1 aliphatic rings. The van der Waals surface area contributed by atoms with Crippen molar-refractivity contribution in [2.45, 2.75) is 23.8 Å². The number of benzene rings is 1. The first-order valence-corrected chi connectivity index (χ1v) is 8.10. The van der Waals surface area contributed by atoms with Crippen LogP contribution < -0.4 is 5.73 Å². The van der Waals surface area contributed by atoms with Crippen LogP contribution in [0.3, 0.4) is 0 Å². The zero-order chi connectivity index (χ0) is 14.8. The molecule has 0 aromatic heterocycles. The Labute approximate surface area is 118 Å². The third-order valence-electron chi connectivity index (χ3n) is 3.50. The maximum atomic E-state index is 12.2. The van der Waals surface area contributed by atoms with E-state index >= 15 is 0 Å². The van der Waals surface area contributed by atoms with Crippen LogP contribution in [0.15, 0.2) is 34.3 Å². The molecule has 0 bridgehead atoms. The summed E-state index contributed by atoms with van der Waals surface area (Å²) in [6, 6.07) is 6.59. The van der Waals surface area contributed by atoms with E-state index in [4.69, 9.17) is 10.9 Å². The van der Waals surface area contributed by atoms with Gasteiger partial charge in [0.05, 0.1) is 10.6 Å². The number of sulfone groups is 1. The molecule has 3 N–H and O–H groups in total. The molecule has 0 spiro atoms. The van der Waals surface area contributed by atoms with Crippen LogP contribution >= 0.6 is 0 Å². The molecule has 0 saturated heterocycles. The van der Waals surface area contributed by atoms with Gasteiger partial charge in [-0.3, -0.25) is 0 Å². The fraction of sp³-hybridized carbons (Fsp3) is 0.462. The molecule has 1 aliphatic carbocycles. The lowest BCUT2D eigenvalue weighted by Crippen LogP contribution is -2.27. The van der Waals surface area contributed by atoms with Gasteiger partial charge in [0, 0.05) is 18.2 Å². The van der Waals surface area contributed by atoms with E-state index < -0.39 is 9.84 Å². The Bertz CT molecular complexity index is 592. The molecular weight excluding hydrogens is 278 g/mol. The Morgan fingerprint density at radius 1 is 1.40 bits per heavy atom. The minimum atomic E-state index is -3.30. The highest BCUT2D eigenvalue weighted by molar-refractivity contribution is 7.91. The number of hydrogen-bond donors (Lipinski definition) is 2. The van der Waals surface area contributed by atoms with Crippen molar-refractivity contribution in [1.29, 1.82) is 0 Å². The third kappa shape index (κ3) is 3.49. The molecule has 7 heteroatoms. The minimum Gasteiger partial charge on any atom is -0.409 e. The van der Waals surface area contributed by atoms with Crippen molar-refractivity contribution >= 4 is 15.7 Å². The first-order valence-electron chi connectivity index (χ1n) is 6.45. The predicted molar refractivity (Wildman–Crippen MR) is 76.7 cm³/mol. The highest BCUT2D eigenvalue weighted by Crippen LogP contribution is 2.25. The number of rotatable bonds is 6. The largest absolute Gasteiger partial charge is 0.409 e. The fourth-order valence-electron chi connectivity index (χ4n) is 1.97. The van der Waals surface area contributed by atoms with Crippen LogP contribution in [-0.2, 0) is 9.84 Å². The topological polar surface area (TPSA) is 96.0 Å². The molecule has 0 atom stereocenters. The molecule has 6 nitrogen and oxygen atoms in total. The standard InChI is InChI=1S/C13H19N3O3S/c1-16(11-4-5-11)8-9-20(18,19)12-6-2-10(3-7-12)13(14)15-17/h2-3,6-7,11,17H,4-5,8-9H2,1H3,(H2,14,15). The number of amidine groups is 1. The van der Waals surface area contributed by atoms with Crippen LogP contribution in [0.2, 0.25) is 0 Å². The molecule has 0 aliphatic heterocycles. The molecule has 0 heterocycles. The molecule has 0 unspecified atom stereocenters. The SMILES string of the molecule is CN(CCS(=O)(=O)c1ccc(/C(N)=N/O)cc1)C1CC1. The summed E-state index contributed by atoms with van der Waals surface area (Å²) in [4.78, 5) is 2.35. The fourth-order valence-corrected chi connectivity index (χ4v) is 3.29. The van der Waals surface area contributed by atoms with Crippen molar-refractivity contribution in [3.63, 3.8) is 0 Å². The van der Waals surface area contributed by atoms with Gasteiger partial charge in [-0.1, -0.05) is 5.16 Å². The van der Waals surface area contributed by atoms with Crippen LogP contribution in [0, 0.1) is 0 Å². The second kappa shape index (κ2) is 5.80. The van der Waals surface area contributed by atoms with Gasteiger partial charge >= 0.3 is 0 Å². The number of oxime groups is 1. The van der Waals surface area contributed by atoms with Gasteiger partial charge in [-0.15, -0.1) is 0 Å². The summed E-state index contributed by atoms with van der Waals surface area (Å²) in [5.74, 6) is 0.0607. The normalized spacial score (nSPS) is 16.6. The van der Waals surface area contributed by atoms with Gasteiger partial charge in [-0.25, -0.2) is 8.42 Å². The highest BCUT2D eigenvalue weighted by Gasteiger charge is 2.27. The maximum Gasteiger partial charge on any atom is 0.179 e. The Kier molecular flexibility index (Phi) is 4.29. The summed E-state index contributed by atoms with van der Waals surface area (Å²) >= 11 is 0. The Morgan fingerprint density at radius 2 is 2.00 bits per heavy atom. The molecule has 1 fully saturated rings. The quantitative estimate of drug-likeness (QED) is 0.348. The molecule has 1 aromatic rings. The van der Waals surface area contributed by atoms with Crippen LogP contribution in [0.4, 0.5) is 0 Å². The summed E-state index contributed by atoms with van der Waals surface area (Å²) < 4.78 is 24.4. The van der Waals surface area contributed by atoms with Crippen molar-refractivity contribution < 1.29 is 13.6 Å². The van der Waals surface area contributed by atoms with E-state index in [-0.39, 0.29) is 16.5 Å². The maximum absolute atomic E-state index is 12.2. The summed E-state index contributed by atoms with van der Waals surface area (Å²) in [7, 11) is -1.34.